The van der Waals surface area contributed by atoms with Gasteiger partial charge in [0.25, 0.3) is 0 Å². The van der Waals surface area contributed by atoms with Gasteiger partial charge < -0.3 is 10.1 Å². The molecule has 1 aliphatic carbocycles. The Kier molecular flexibility index (Phi) is 5.58. The molecular formula is C30H23Br2NO2. The quantitative estimate of drug-likeness (QED) is 0.261. The number of halogens is 2. The molecule has 2 aliphatic rings. The Morgan fingerprint density at radius 1 is 0.943 bits per heavy atom. The zero-order valence-corrected chi connectivity index (χ0v) is 22.5. The Hall–Kier alpha value is -2.89. The van der Waals surface area contributed by atoms with Crippen LogP contribution in [0.1, 0.15) is 39.7 Å². The van der Waals surface area contributed by atoms with Crippen molar-refractivity contribution in [3.8, 4) is 5.75 Å². The van der Waals surface area contributed by atoms with Gasteiger partial charge >= 0.3 is 0 Å². The van der Waals surface area contributed by atoms with Gasteiger partial charge in [0.2, 0.25) is 5.91 Å². The number of allylic oxidation sites excluding steroid dienone is 1. The molecule has 0 bridgehead atoms. The average Bonchev–Trinajstić information content (AvgIpc) is 3.39. The number of carbonyl (C=O) groups is 1. The van der Waals surface area contributed by atoms with E-state index in [1.54, 1.807) is 7.11 Å². The minimum atomic E-state index is -0.310. The second-order valence-corrected chi connectivity index (χ2v) is 10.9. The normalized spacial score (nSPS) is 18.3. The lowest BCUT2D eigenvalue weighted by Gasteiger charge is -2.25. The molecule has 1 amide bonds. The van der Waals surface area contributed by atoms with E-state index in [4.69, 9.17) is 4.74 Å². The lowest BCUT2D eigenvalue weighted by atomic mass is 9.77. The highest BCUT2D eigenvalue weighted by atomic mass is 79.9. The van der Waals surface area contributed by atoms with E-state index in [-0.39, 0.29) is 17.7 Å². The summed E-state index contributed by atoms with van der Waals surface area (Å²) in [5, 5.41) is 5.53. The van der Waals surface area contributed by atoms with Gasteiger partial charge in [0, 0.05) is 20.4 Å². The molecule has 1 heterocycles. The smallest absolute Gasteiger partial charge is 0.233 e. The molecule has 174 valence electrons. The van der Waals surface area contributed by atoms with E-state index >= 15 is 0 Å². The van der Waals surface area contributed by atoms with Crippen LogP contribution in [0.25, 0.3) is 16.8 Å². The van der Waals surface area contributed by atoms with Gasteiger partial charge in [0.05, 0.1) is 18.7 Å². The van der Waals surface area contributed by atoms with Crippen LogP contribution in [0.4, 0.5) is 5.69 Å². The first-order chi connectivity index (χ1) is 17.0. The zero-order chi connectivity index (χ0) is 24.3. The largest absolute Gasteiger partial charge is 0.496 e. The topological polar surface area (TPSA) is 38.3 Å². The number of anilines is 1. The highest BCUT2D eigenvalue weighted by Crippen LogP contribution is 2.54. The van der Waals surface area contributed by atoms with Crippen molar-refractivity contribution in [1.29, 1.82) is 0 Å². The second kappa shape index (κ2) is 8.65. The maximum absolute atomic E-state index is 13.6. The Morgan fingerprint density at radius 2 is 1.71 bits per heavy atom. The summed E-state index contributed by atoms with van der Waals surface area (Å²) in [5.41, 5.74) is 7.80. The van der Waals surface area contributed by atoms with Gasteiger partial charge in [-0.05, 0) is 74.4 Å². The molecular weight excluding hydrogens is 566 g/mol. The number of methoxy groups -OCH3 is 1. The number of ether oxygens (including phenoxy) is 1. The van der Waals surface area contributed by atoms with Gasteiger partial charge in [-0.2, -0.15) is 0 Å². The van der Waals surface area contributed by atoms with Crippen molar-refractivity contribution in [2.75, 3.05) is 12.4 Å². The SMILES string of the molecule is COc1ccc2ccccc2c1CC1=Cc2ccccc2C1C1C(=O)Nc2c(Br)cc(Br)c(C)c21. The van der Waals surface area contributed by atoms with Crippen LogP contribution in [-0.4, -0.2) is 13.0 Å². The average molecular weight is 589 g/mol. The molecule has 0 fully saturated rings. The van der Waals surface area contributed by atoms with E-state index in [9.17, 15) is 4.79 Å². The minimum absolute atomic E-state index is 0.0411. The van der Waals surface area contributed by atoms with Crippen molar-refractivity contribution in [3.05, 3.63) is 109 Å². The van der Waals surface area contributed by atoms with Gasteiger partial charge in [-0.25, -0.2) is 0 Å². The standard InChI is InChI=1S/C30H23Br2NO2/c1-16-23(31)15-24(32)29-26(16)28(30(34)33-29)27-19(13-18-8-4-6-10-21(18)27)14-22-20-9-5-3-7-17(20)11-12-25(22)35-2/h3-13,15,27-28H,14H2,1-2H3,(H,33,34). The summed E-state index contributed by atoms with van der Waals surface area (Å²) >= 11 is 7.37. The summed E-state index contributed by atoms with van der Waals surface area (Å²) in [4.78, 5) is 13.6. The molecule has 0 saturated carbocycles. The highest BCUT2D eigenvalue weighted by molar-refractivity contribution is 9.11. The Bertz CT molecular complexity index is 1560. The molecule has 35 heavy (non-hydrogen) atoms. The Balaban J connectivity index is 1.53. The maximum atomic E-state index is 13.6. The van der Waals surface area contributed by atoms with Crippen molar-refractivity contribution < 1.29 is 9.53 Å². The first-order valence-corrected chi connectivity index (χ1v) is 13.2. The van der Waals surface area contributed by atoms with E-state index in [1.807, 2.05) is 12.1 Å². The summed E-state index contributed by atoms with van der Waals surface area (Å²) in [7, 11) is 1.72. The van der Waals surface area contributed by atoms with E-state index in [2.05, 4.69) is 105 Å². The predicted molar refractivity (Wildman–Crippen MR) is 149 cm³/mol. The molecule has 0 spiro atoms. The fourth-order valence-electron chi connectivity index (χ4n) is 5.77. The molecule has 2 atom stereocenters. The third kappa shape index (κ3) is 3.56. The Labute approximate surface area is 221 Å². The number of carbonyl (C=O) groups excluding carboxylic acids is 1. The molecule has 1 N–H and O–H groups in total. The molecule has 3 nitrogen and oxygen atoms in total. The third-order valence-corrected chi connectivity index (χ3v) is 8.82. The Morgan fingerprint density at radius 3 is 2.54 bits per heavy atom. The molecule has 4 aromatic carbocycles. The van der Waals surface area contributed by atoms with Gasteiger partial charge in [-0.15, -0.1) is 0 Å². The van der Waals surface area contributed by atoms with Gasteiger partial charge in [0.1, 0.15) is 5.75 Å². The fraction of sp³-hybridized carbons (Fsp3) is 0.167. The van der Waals surface area contributed by atoms with Crippen molar-refractivity contribution in [2.45, 2.75) is 25.2 Å². The fourth-order valence-corrected chi connectivity index (χ4v) is 7.06. The van der Waals surface area contributed by atoms with Gasteiger partial charge in [-0.1, -0.05) is 82.2 Å². The highest BCUT2D eigenvalue weighted by Gasteiger charge is 2.44. The van der Waals surface area contributed by atoms with Crippen molar-refractivity contribution in [3.63, 3.8) is 0 Å². The first-order valence-electron chi connectivity index (χ1n) is 11.6. The number of amides is 1. The molecule has 1 aliphatic heterocycles. The van der Waals surface area contributed by atoms with Crippen LogP contribution in [0.5, 0.6) is 5.75 Å². The lowest BCUT2D eigenvalue weighted by molar-refractivity contribution is -0.117. The van der Waals surface area contributed by atoms with Crippen molar-refractivity contribution >= 4 is 60.3 Å². The predicted octanol–water partition coefficient (Wildman–Crippen LogP) is 8.14. The van der Waals surface area contributed by atoms with E-state index in [0.29, 0.717) is 6.42 Å². The van der Waals surface area contributed by atoms with Gasteiger partial charge in [-0.3, -0.25) is 4.79 Å². The van der Waals surface area contributed by atoms with Crippen LogP contribution in [-0.2, 0) is 11.2 Å². The summed E-state index contributed by atoms with van der Waals surface area (Å²) in [6, 6.07) is 23.0. The number of hydrogen-bond acceptors (Lipinski definition) is 2. The molecule has 5 heteroatoms. The molecule has 0 aromatic heterocycles. The summed E-state index contributed by atoms with van der Waals surface area (Å²) < 4.78 is 7.70. The van der Waals surface area contributed by atoms with E-state index < -0.39 is 0 Å². The number of hydrogen-bond donors (Lipinski definition) is 1. The number of benzene rings is 4. The first kappa shape index (κ1) is 22.6. The molecule has 6 rings (SSSR count). The van der Waals surface area contributed by atoms with E-state index in [1.165, 1.54) is 27.5 Å². The monoisotopic (exact) mass is 587 g/mol. The summed E-state index contributed by atoms with van der Waals surface area (Å²) in [5.74, 6) is 0.544. The van der Waals surface area contributed by atoms with Crippen molar-refractivity contribution in [1.82, 2.24) is 0 Å². The van der Waals surface area contributed by atoms with E-state index in [0.717, 1.165) is 37.1 Å². The minimum Gasteiger partial charge on any atom is -0.496 e. The van der Waals surface area contributed by atoms with Crippen LogP contribution in [0.15, 0.2) is 81.2 Å². The van der Waals surface area contributed by atoms with Gasteiger partial charge in [0.15, 0.2) is 0 Å². The van der Waals surface area contributed by atoms with Crippen LogP contribution in [0, 0.1) is 6.92 Å². The van der Waals surface area contributed by atoms with Crippen LogP contribution in [0.2, 0.25) is 0 Å². The van der Waals surface area contributed by atoms with Crippen LogP contribution >= 0.6 is 31.9 Å². The summed E-state index contributed by atoms with van der Waals surface area (Å²) in [6.07, 6.45) is 2.98. The molecule has 4 aromatic rings. The number of rotatable bonds is 4. The second-order valence-electron chi connectivity index (χ2n) is 9.19. The lowest BCUT2D eigenvalue weighted by Crippen LogP contribution is -2.21. The maximum Gasteiger partial charge on any atom is 0.233 e. The third-order valence-electron chi connectivity index (χ3n) is 7.37. The zero-order valence-electron chi connectivity index (χ0n) is 19.4. The van der Waals surface area contributed by atoms with Crippen molar-refractivity contribution in [2.24, 2.45) is 0 Å². The number of fused-ring (bicyclic) bond motifs is 3. The number of nitrogens with one attached hydrogen (secondary N) is 1. The summed E-state index contributed by atoms with van der Waals surface area (Å²) in [6.45, 7) is 2.08. The van der Waals surface area contributed by atoms with Crippen LogP contribution < -0.4 is 10.1 Å². The molecule has 0 saturated heterocycles. The molecule has 0 radical (unpaired) electrons. The van der Waals surface area contributed by atoms with Crippen LogP contribution in [0.3, 0.4) is 0 Å². The molecule has 2 unspecified atom stereocenters.